The fourth-order valence-corrected chi connectivity index (χ4v) is 9.38. The molecule has 4 fully saturated rings. The molecule has 4 saturated carbocycles. The Labute approximate surface area is 220 Å². The number of methoxy groups -OCH3 is 1. The maximum absolute atomic E-state index is 12.3. The minimum Gasteiger partial charge on any atom is -0.469 e. The van der Waals surface area contributed by atoms with Crippen LogP contribution in [0.5, 0.6) is 0 Å². The minimum atomic E-state index is -1.11. The molecule has 10 atom stereocenters. The van der Waals surface area contributed by atoms with E-state index in [2.05, 4.69) is 13.8 Å². The van der Waals surface area contributed by atoms with Gasteiger partial charge in [-0.05, 0) is 73.5 Å². The molecule has 4 aliphatic carbocycles. The Balaban J connectivity index is 1.65. The molecule has 210 valence electrons. The van der Waals surface area contributed by atoms with Crippen LogP contribution in [0.15, 0.2) is 0 Å². The third-order valence-electron chi connectivity index (χ3n) is 11.4. The summed E-state index contributed by atoms with van der Waals surface area (Å²) in [6.07, 6.45) is 5.21. The molecule has 0 aromatic carbocycles. The van der Waals surface area contributed by atoms with Crippen LogP contribution in [0.1, 0.15) is 98.8 Å². The first-order valence-corrected chi connectivity index (χ1v) is 14.1. The van der Waals surface area contributed by atoms with Gasteiger partial charge < -0.3 is 24.4 Å². The largest absolute Gasteiger partial charge is 0.469 e. The quantitative estimate of drug-likeness (QED) is 0.398. The van der Waals surface area contributed by atoms with Crippen molar-refractivity contribution in [3.05, 3.63) is 0 Å². The van der Waals surface area contributed by atoms with Gasteiger partial charge in [-0.1, -0.05) is 20.8 Å². The van der Waals surface area contributed by atoms with Crippen molar-refractivity contribution < 1.29 is 38.8 Å². The molecule has 0 unspecified atom stereocenters. The first kappa shape index (κ1) is 28.3. The average molecular weight is 523 g/mol. The van der Waals surface area contributed by atoms with E-state index in [1.54, 1.807) is 0 Å². The van der Waals surface area contributed by atoms with E-state index in [4.69, 9.17) is 14.2 Å². The van der Waals surface area contributed by atoms with Gasteiger partial charge >= 0.3 is 17.9 Å². The zero-order valence-electron chi connectivity index (χ0n) is 23.4. The van der Waals surface area contributed by atoms with E-state index in [-0.39, 0.29) is 59.5 Å². The van der Waals surface area contributed by atoms with Gasteiger partial charge in [-0.25, -0.2) is 0 Å². The Morgan fingerprint density at radius 1 is 0.892 bits per heavy atom. The molecule has 0 aliphatic heterocycles. The van der Waals surface area contributed by atoms with Crippen LogP contribution in [-0.4, -0.2) is 58.6 Å². The topological polar surface area (TPSA) is 119 Å². The van der Waals surface area contributed by atoms with E-state index >= 15 is 0 Å². The Kier molecular flexibility index (Phi) is 7.52. The molecule has 8 heteroatoms. The SMILES string of the molecule is COC(=O)CC[C@@H](C)[C@@]1(O)CC[C@H]2[C@@H]3[C@H](OC(C)=O)C[C@]4(O)C[C@H](OC(C)=O)CC[C@]4(C)[C@H]3CC[C@@]21C. The Morgan fingerprint density at radius 3 is 2.11 bits per heavy atom. The van der Waals surface area contributed by atoms with E-state index in [1.165, 1.54) is 21.0 Å². The van der Waals surface area contributed by atoms with Crippen LogP contribution in [0.25, 0.3) is 0 Å². The highest BCUT2D eigenvalue weighted by molar-refractivity contribution is 5.69. The van der Waals surface area contributed by atoms with E-state index < -0.39 is 22.7 Å². The van der Waals surface area contributed by atoms with Gasteiger partial charge in [0, 0.05) is 39.0 Å². The van der Waals surface area contributed by atoms with Crippen molar-refractivity contribution in [1.29, 1.82) is 0 Å². The first-order chi connectivity index (χ1) is 17.2. The van der Waals surface area contributed by atoms with Crippen molar-refractivity contribution in [2.24, 2.45) is 34.5 Å². The number of esters is 3. The van der Waals surface area contributed by atoms with Gasteiger partial charge in [-0.2, -0.15) is 0 Å². The van der Waals surface area contributed by atoms with Crippen LogP contribution in [0, 0.1) is 34.5 Å². The number of rotatable bonds is 6. The summed E-state index contributed by atoms with van der Waals surface area (Å²) in [6.45, 7) is 9.19. The van der Waals surface area contributed by atoms with Gasteiger partial charge in [0.1, 0.15) is 12.2 Å². The standard InChI is InChI=1S/C29H46O8/c1-17(7-8-24(32)35-6)29(34)14-11-22-25-21(10-13-27(22,29)5)26(4)12-9-20(36-18(2)30)15-28(26,33)16-23(25)37-19(3)31/h17,20-23,25,33-34H,7-16H2,1-6H3/t17-,20-,21+,22+,23-,25-,26-,27+,28-,29+/m1/s1. The Hall–Kier alpha value is -1.67. The fourth-order valence-electron chi connectivity index (χ4n) is 9.38. The highest BCUT2D eigenvalue weighted by atomic mass is 16.5. The lowest BCUT2D eigenvalue weighted by Crippen LogP contribution is -2.68. The van der Waals surface area contributed by atoms with Gasteiger partial charge in [0.25, 0.3) is 0 Å². The van der Waals surface area contributed by atoms with Gasteiger partial charge in [-0.3, -0.25) is 14.4 Å². The van der Waals surface area contributed by atoms with Gasteiger partial charge in [-0.15, -0.1) is 0 Å². The molecule has 0 radical (unpaired) electrons. The summed E-state index contributed by atoms with van der Waals surface area (Å²) in [4.78, 5) is 35.7. The van der Waals surface area contributed by atoms with Crippen LogP contribution in [0.4, 0.5) is 0 Å². The van der Waals surface area contributed by atoms with Crippen molar-refractivity contribution in [2.45, 2.75) is 122 Å². The highest BCUT2D eigenvalue weighted by Gasteiger charge is 2.70. The summed E-state index contributed by atoms with van der Waals surface area (Å²) >= 11 is 0. The number of carbonyl (C=O) groups excluding carboxylic acids is 3. The molecule has 0 aromatic rings. The van der Waals surface area contributed by atoms with Crippen molar-refractivity contribution in [3.8, 4) is 0 Å². The molecule has 0 saturated heterocycles. The van der Waals surface area contributed by atoms with E-state index in [0.29, 0.717) is 32.1 Å². The van der Waals surface area contributed by atoms with Crippen LogP contribution < -0.4 is 0 Å². The first-order valence-electron chi connectivity index (χ1n) is 14.1. The van der Waals surface area contributed by atoms with Gasteiger partial charge in [0.05, 0.1) is 18.3 Å². The summed E-state index contributed by atoms with van der Waals surface area (Å²) in [5.41, 5.74) is -2.82. The maximum atomic E-state index is 12.3. The van der Waals surface area contributed by atoms with Crippen LogP contribution in [0.2, 0.25) is 0 Å². The zero-order valence-corrected chi connectivity index (χ0v) is 23.4. The normalized spacial score (nSPS) is 45.6. The lowest BCUT2D eigenvalue weighted by Gasteiger charge is -2.66. The summed E-state index contributed by atoms with van der Waals surface area (Å²) in [5.74, 6) is -0.774. The number of ether oxygens (including phenoxy) is 3. The molecular weight excluding hydrogens is 476 g/mol. The van der Waals surface area contributed by atoms with Crippen LogP contribution >= 0.6 is 0 Å². The van der Waals surface area contributed by atoms with E-state index in [1.807, 2.05) is 6.92 Å². The lowest BCUT2D eigenvalue weighted by molar-refractivity contribution is -0.262. The predicted octanol–water partition coefficient (Wildman–Crippen LogP) is 3.94. The summed E-state index contributed by atoms with van der Waals surface area (Å²) in [7, 11) is 1.38. The molecule has 0 amide bonds. The van der Waals surface area contributed by atoms with Crippen LogP contribution in [0.3, 0.4) is 0 Å². The molecule has 37 heavy (non-hydrogen) atoms. The summed E-state index contributed by atoms with van der Waals surface area (Å²) < 4.78 is 16.3. The Bertz CT molecular complexity index is 920. The molecule has 0 bridgehead atoms. The summed E-state index contributed by atoms with van der Waals surface area (Å²) in [6, 6.07) is 0. The second-order valence-electron chi connectivity index (χ2n) is 13.0. The number of hydrogen-bond donors (Lipinski definition) is 2. The van der Waals surface area contributed by atoms with Crippen LogP contribution in [-0.2, 0) is 28.6 Å². The van der Waals surface area contributed by atoms with Crippen molar-refractivity contribution in [1.82, 2.24) is 0 Å². The minimum absolute atomic E-state index is 0.0278. The third kappa shape index (κ3) is 4.50. The van der Waals surface area contributed by atoms with Crippen molar-refractivity contribution in [2.75, 3.05) is 7.11 Å². The lowest BCUT2D eigenvalue weighted by atomic mass is 9.42. The Morgan fingerprint density at radius 2 is 1.49 bits per heavy atom. The highest BCUT2D eigenvalue weighted by Crippen LogP contribution is 2.70. The van der Waals surface area contributed by atoms with Crippen molar-refractivity contribution in [3.63, 3.8) is 0 Å². The number of aliphatic hydroxyl groups is 2. The molecule has 0 heterocycles. The third-order valence-corrected chi connectivity index (χ3v) is 11.4. The summed E-state index contributed by atoms with van der Waals surface area (Å²) in [5, 5.41) is 24.3. The predicted molar refractivity (Wildman–Crippen MR) is 135 cm³/mol. The number of hydrogen-bond acceptors (Lipinski definition) is 8. The van der Waals surface area contributed by atoms with E-state index in [0.717, 1.165) is 25.7 Å². The average Bonchev–Trinajstić information content (AvgIpc) is 3.09. The van der Waals surface area contributed by atoms with Gasteiger partial charge in [0.15, 0.2) is 0 Å². The van der Waals surface area contributed by atoms with Gasteiger partial charge in [0.2, 0.25) is 0 Å². The maximum Gasteiger partial charge on any atom is 0.305 e. The second-order valence-corrected chi connectivity index (χ2v) is 13.0. The molecule has 0 aromatic heterocycles. The second kappa shape index (κ2) is 9.82. The zero-order chi connectivity index (χ0) is 27.4. The van der Waals surface area contributed by atoms with E-state index in [9.17, 15) is 24.6 Å². The monoisotopic (exact) mass is 522 g/mol. The molecule has 4 rings (SSSR count). The fraction of sp³-hybridized carbons (Fsp3) is 0.897. The smallest absolute Gasteiger partial charge is 0.305 e. The number of carbonyl (C=O) groups is 3. The molecule has 0 spiro atoms. The molecule has 4 aliphatic rings. The molecule has 2 N–H and O–H groups in total. The molecule has 8 nitrogen and oxygen atoms in total. The number of fused-ring (bicyclic) bond motifs is 5. The molecular formula is C29H46O8. The van der Waals surface area contributed by atoms with Crippen molar-refractivity contribution >= 4 is 17.9 Å².